The topological polar surface area (TPSA) is 66.0 Å². The van der Waals surface area contributed by atoms with Gasteiger partial charge in [-0.1, -0.05) is 6.92 Å². The van der Waals surface area contributed by atoms with E-state index in [1.807, 2.05) is 30.8 Å². The van der Waals surface area contributed by atoms with E-state index in [2.05, 4.69) is 16.8 Å². The minimum absolute atomic E-state index is 0.101. The molecule has 5 heteroatoms. The second-order valence-electron chi connectivity index (χ2n) is 4.58. The molecule has 0 bridgehead atoms. The molecular formula is C13H20N4S. The number of hydrogen-bond donors (Lipinski definition) is 2. The first-order chi connectivity index (χ1) is 8.61. The normalized spacial score (nSPS) is 19.9. The molecule has 1 aliphatic rings. The van der Waals surface area contributed by atoms with Gasteiger partial charge in [-0.2, -0.15) is 11.8 Å². The van der Waals surface area contributed by atoms with Gasteiger partial charge in [0.1, 0.15) is 11.7 Å². The fourth-order valence-electron chi connectivity index (χ4n) is 2.15. The fourth-order valence-corrected chi connectivity index (χ4v) is 3.33. The molecule has 1 unspecified atom stereocenters. The zero-order valence-electron chi connectivity index (χ0n) is 10.9. The highest BCUT2D eigenvalue weighted by Crippen LogP contribution is 2.26. The minimum Gasteiger partial charge on any atom is -0.384 e. The lowest BCUT2D eigenvalue weighted by Gasteiger charge is -2.33. The summed E-state index contributed by atoms with van der Waals surface area (Å²) < 4.78 is 0. The summed E-state index contributed by atoms with van der Waals surface area (Å²) in [6, 6.07) is 3.82. The van der Waals surface area contributed by atoms with Crippen LogP contribution >= 0.6 is 11.8 Å². The van der Waals surface area contributed by atoms with Gasteiger partial charge in [0.05, 0.1) is 5.56 Å². The van der Waals surface area contributed by atoms with Crippen molar-refractivity contribution in [1.29, 1.82) is 5.41 Å². The van der Waals surface area contributed by atoms with E-state index in [1.165, 1.54) is 6.42 Å². The number of aromatic nitrogens is 1. The number of hydrogen-bond acceptors (Lipinski definition) is 4. The molecular weight excluding hydrogens is 244 g/mol. The molecule has 1 saturated heterocycles. The van der Waals surface area contributed by atoms with E-state index >= 15 is 0 Å². The van der Waals surface area contributed by atoms with Crippen LogP contribution in [-0.2, 0) is 0 Å². The Bertz CT molecular complexity index is 447. The van der Waals surface area contributed by atoms with E-state index in [9.17, 15) is 0 Å². The van der Waals surface area contributed by atoms with Crippen LogP contribution in [0.1, 0.15) is 24.6 Å². The summed E-state index contributed by atoms with van der Waals surface area (Å²) in [5.74, 6) is 2.09. The zero-order chi connectivity index (χ0) is 13.1. The number of anilines is 1. The first-order valence-electron chi connectivity index (χ1n) is 6.30. The Labute approximate surface area is 112 Å². The number of nitrogens with one attached hydrogen (secondary N) is 1. The molecule has 0 aromatic carbocycles. The van der Waals surface area contributed by atoms with E-state index in [1.54, 1.807) is 0 Å². The Hall–Kier alpha value is -1.23. The van der Waals surface area contributed by atoms with Crippen LogP contribution in [0, 0.1) is 12.3 Å². The Kier molecular flexibility index (Phi) is 4.11. The predicted octanol–water partition coefficient (Wildman–Crippen LogP) is 2.01. The van der Waals surface area contributed by atoms with Crippen molar-refractivity contribution >= 4 is 23.4 Å². The molecule has 18 heavy (non-hydrogen) atoms. The van der Waals surface area contributed by atoms with Crippen molar-refractivity contribution in [3.8, 4) is 0 Å². The Balaban J connectivity index is 2.31. The second-order valence-corrected chi connectivity index (χ2v) is 5.99. The Morgan fingerprint density at radius 2 is 2.39 bits per heavy atom. The summed E-state index contributed by atoms with van der Waals surface area (Å²) in [5.41, 5.74) is 7.38. The van der Waals surface area contributed by atoms with Gasteiger partial charge in [-0.15, -0.1) is 0 Å². The lowest BCUT2D eigenvalue weighted by molar-refractivity contribution is 0.718. The molecule has 1 aromatic rings. The van der Waals surface area contributed by atoms with Gasteiger partial charge in [0.25, 0.3) is 0 Å². The molecule has 0 saturated carbocycles. The van der Waals surface area contributed by atoms with Crippen molar-refractivity contribution in [3.63, 3.8) is 0 Å². The summed E-state index contributed by atoms with van der Waals surface area (Å²) in [4.78, 5) is 6.85. The van der Waals surface area contributed by atoms with Gasteiger partial charge in [-0.25, -0.2) is 4.98 Å². The largest absolute Gasteiger partial charge is 0.384 e. The number of aryl methyl sites for hydroxylation is 1. The van der Waals surface area contributed by atoms with Gasteiger partial charge in [0, 0.05) is 29.8 Å². The molecule has 2 rings (SSSR count). The summed E-state index contributed by atoms with van der Waals surface area (Å²) in [6.07, 6.45) is 1.17. The molecule has 0 aliphatic carbocycles. The number of rotatable bonds is 3. The van der Waals surface area contributed by atoms with Gasteiger partial charge in [-0.05, 0) is 25.5 Å². The number of pyridine rings is 1. The number of thioether (sulfide) groups is 1. The predicted molar refractivity (Wildman–Crippen MR) is 78.7 cm³/mol. The lowest BCUT2D eigenvalue weighted by atomic mass is 10.2. The minimum atomic E-state index is 0.101. The van der Waals surface area contributed by atoms with E-state index in [0.29, 0.717) is 5.25 Å². The Morgan fingerprint density at radius 1 is 1.61 bits per heavy atom. The number of nitrogens with two attached hydrogens (primary N) is 1. The highest BCUT2D eigenvalue weighted by Gasteiger charge is 2.22. The van der Waals surface area contributed by atoms with Gasteiger partial charge >= 0.3 is 0 Å². The van der Waals surface area contributed by atoms with Crippen molar-refractivity contribution in [2.24, 2.45) is 5.73 Å². The monoisotopic (exact) mass is 264 g/mol. The molecule has 2 heterocycles. The molecule has 98 valence electrons. The number of nitrogen functional groups attached to an aromatic ring is 1. The van der Waals surface area contributed by atoms with Crippen molar-refractivity contribution < 1.29 is 0 Å². The third-order valence-electron chi connectivity index (χ3n) is 3.20. The van der Waals surface area contributed by atoms with Crippen LogP contribution in [0.25, 0.3) is 0 Å². The van der Waals surface area contributed by atoms with Crippen LogP contribution in [0.3, 0.4) is 0 Å². The van der Waals surface area contributed by atoms with Gasteiger partial charge < -0.3 is 10.6 Å². The molecule has 1 aliphatic heterocycles. The average Bonchev–Trinajstić information content (AvgIpc) is 2.38. The SMILES string of the molecule is CCC1CN(c2nc(C)ccc2C(=N)N)CCS1. The standard InChI is InChI=1S/C13H20N4S/c1-3-10-8-17(6-7-18-10)13-11(12(14)15)5-4-9(2)16-13/h4-5,10H,3,6-8H2,1-2H3,(H3,14,15). The van der Waals surface area contributed by atoms with Crippen LogP contribution in [0.2, 0.25) is 0 Å². The zero-order valence-corrected chi connectivity index (χ0v) is 11.8. The number of nitrogens with zero attached hydrogens (tertiary/aromatic N) is 2. The van der Waals surface area contributed by atoms with Gasteiger partial charge in [0.15, 0.2) is 0 Å². The first-order valence-corrected chi connectivity index (χ1v) is 7.35. The molecule has 0 spiro atoms. The summed E-state index contributed by atoms with van der Waals surface area (Å²) in [6.45, 7) is 6.18. The Morgan fingerprint density at radius 3 is 3.06 bits per heavy atom. The maximum absolute atomic E-state index is 7.67. The third-order valence-corrected chi connectivity index (χ3v) is 4.57. The van der Waals surface area contributed by atoms with Crippen molar-refractivity contribution in [1.82, 2.24) is 4.98 Å². The lowest BCUT2D eigenvalue weighted by Crippen LogP contribution is -2.39. The molecule has 1 fully saturated rings. The van der Waals surface area contributed by atoms with Gasteiger partial charge in [-0.3, -0.25) is 5.41 Å². The highest BCUT2D eigenvalue weighted by atomic mass is 32.2. The third kappa shape index (κ3) is 2.77. The number of amidine groups is 1. The van der Waals surface area contributed by atoms with Crippen LogP contribution in [0.5, 0.6) is 0 Å². The van der Waals surface area contributed by atoms with Crippen molar-refractivity contribution in [3.05, 3.63) is 23.4 Å². The van der Waals surface area contributed by atoms with Crippen LogP contribution in [0.15, 0.2) is 12.1 Å². The van der Waals surface area contributed by atoms with E-state index in [0.717, 1.165) is 35.9 Å². The smallest absolute Gasteiger partial charge is 0.139 e. The van der Waals surface area contributed by atoms with E-state index in [-0.39, 0.29) is 5.84 Å². The van der Waals surface area contributed by atoms with Crippen LogP contribution in [0.4, 0.5) is 5.82 Å². The molecule has 1 aromatic heterocycles. The fraction of sp³-hybridized carbons (Fsp3) is 0.538. The molecule has 3 N–H and O–H groups in total. The van der Waals surface area contributed by atoms with Gasteiger partial charge in [0.2, 0.25) is 0 Å². The second kappa shape index (κ2) is 5.61. The summed E-state index contributed by atoms with van der Waals surface area (Å²) >= 11 is 2.03. The summed E-state index contributed by atoms with van der Waals surface area (Å²) in [7, 11) is 0. The summed E-state index contributed by atoms with van der Waals surface area (Å²) in [5, 5.41) is 8.32. The quantitative estimate of drug-likeness (QED) is 0.647. The van der Waals surface area contributed by atoms with Crippen molar-refractivity contribution in [2.75, 3.05) is 23.7 Å². The highest BCUT2D eigenvalue weighted by molar-refractivity contribution is 8.00. The maximum atomic E-state index is 7.67. The van der Waals surface area contributed by atoms with Crippen LogP contribution < -0.4 is 10.6 Å². The van der Waals surface area contributed by atoms with E-state index < -0.39 is 0 Å². The average molecular weight is 264 g/mol. The van der Waals surface area contributed by atoms with E-state index in [4.69, 9.17) is 11.1 Å². The van der Waals surface area contributed by atoms with Crippen molar-refractivity contribution in [2.45, 2.75) is 25.5 Å². The molecule has 1 atom stereocenters. The molecule has 0 radical (unpaired) electrons. The molecule has 4 nitrogen and oxygen atoms in total. The van der Waals surface area contributed by atoms with Crippen LogP contribution in [-0.4, -0.2) is 34.9 Å². The first kappa shape index (κ1) is 13.2. The maximum Gasteiger partial charge on any atom is 0.139 e. The molecule has 0 amide bonds.